The van der Waals surface area contributed by atoms with Crippen molar-refractivity contribution in [2.24, 2.45) is 23.7 Å². The molecule has 0 unspecified atom stereocenters. The van der Waals surface area contributed by atoms with E-state index in [0.717, 1.165) is 44.9 Å². The molecule has 41 heavy (non-hydrogen) atoms. The number of allylic oxidation sites excluding steroid dienone is 1. The molecule has 1 saturated carbocycles. The van der Waals surface area contributed by atoms with Crippen molar-refractivity contribution in [1.29, 1.82) is 0 Å². The predicted octanol–water partition coefficient (Wildman–Crippen LogP) is 4.51. The summed E-state index contributed by atoms with van der Waals surface area (Å²) in [6.45, 7) is 13.6. The SMILES string of the molecule is C=CCCCC[C@@H](C)O[C@@H]1O[C@@H](C)[C@H](O)C[C@]1(O)OC(=O)C[C@H]1O[C@@H]2O[C@@]3(C)CC[C@H]4[C@H](C)CC[C@@H]([C@H]1C)[C@@]24OO3. The molecule has 6 rings (SSSR count). The summed E-state index contributed by atoms with van der Waals surface area (Å²) in [7, 11) is 0. The molecule has 0 amide bonds. The van der Waals surface area contributed by atoms with Crippen LogP contribution in [0.15, 0.2) is 12.7 Å². The quantitative estimate of drug-likeness (QED) is 0.125. The first-order valence-corrected chi connectivity index (χ1v) is 15.6. The Kier molecular flexibility index (Phi) is 9.25. The van der Waals surface area contributed by atoms with Gasteiger partial charge in [-0.3, -0.25) is 4.79 Å². The van der Waals surface area contributed by atoms with Crippen LogP contribution in [0.5, 0.6) is 0 Å². The van der Waals surface area contributed by atoms with Gasteiger partial charge in [0.2, 0.25) is 12.1 Å². The lowest BCUT2D eigenvalue weighted by atomic mass is 9.57. The largest absolute Gasteiger partial charge is 0.427 e. The lowest BCUT2D eigenvalue weighted by Crippen LogP contribution is -2.70. The van der Waals surface area contributed by atoms with Crippen LogP contribution in [0.2, 0.25) is 0 Å². The summed E-state index contributed by atoms with van der Waals surface area (Å²) in [4.78, 5) is 25.5. The fourth-order valence-corrected chi connectivity index (χ4v) is 7.80. The Labute approximate surface area is 243 Å². The molecule has 2 N–H and O–H groups in total. The molecule has 10 heteroatoms. The van der Waals surface area contributed by atoms with Gasteiger partial charge < -0.3 is 33.9 Å². The van der Waals surface area contributed by atoms with Gasteiger partial charge >= 0.3 is 5.97 Å². The second-order valence-electron chi connectivity index (χ2n) is 13.4. The van der Waals surface area contributed by atoms with Gasteiger partial charge in [0, 0.05) is 18.8 Å². The second-order valence-corrected chi connectivity index (χ2v) is 13.4. The maximum atomic E-state index is 13.4. The van der Waals surface area contributed by atoms with Gasteiger partial charge in [0.15, 0.2) is 11.9 Å². The molecule has 5 aliphatic heterocycles. The number of unbranched alkanes of at least 4 members (excludes halogenated alkanes) is 2. The average Bonchev–Trinajstić information content (AvgIpc) is 3.14. The van der Waals surface area contributed by atoms with E-state index in [-0.39, 0.29) is 36.7 Å². The van der Waals surface area contributed by atoms with Gasteiger partial charge in [0.1, 0.15) is 0 Å². The molecule has 5 heterocycles. The number of carbonyl (C=O) groups is 1. The number of rotatable bonds is 10. The summed E-state index contributed by atoms with van der Waals surface area (Å²) in [5.74, 6) is -3.00. The van der Waals surface area contributed by atoms with Crippen molar-refractivity contribution in [3.63, 3.8) is 0 Å². The first kappa shape index (κ1) is 31.3. The molecule has 1 aliphatic carbocycles. The van der Waals surface area contributed by atoms with E-state index in [0.29, 0.717) is 12.3 Å². The minimum absolute atomic E-state index is 0.0473. The van der Waals surface area contributed by atoms with E-state index >= 15 is 0 Å². The molecule has 5 saturated heterocycles. The summed E-state index contributed by atoms with van der Waals surface area (Å²) in [5.41, 5.74) is -0.718. The molecular formula is C31H50O10. The maximum absolute atomic E-state index is 13.4. The van der Waals surface area contributed by atoms with E-state index in [2.05, 4.69) is 20.4 Å². The topological polar surface area (TPSA) is 122 Å². The van der Waals surface area contributed by atoms with E-state index in [1.165, 1.54) is 0 Å². The second kappa shape index (κ2) is 12.1. The van der Waals surface area contributed by atoms with Gasteiger partial charge in [-0.1, -0.05) is 26.3 Å². The molecular weight excluding hydrogens is 532 g/mol. The smallest absolute Gasteiger partial charge is 0.311 e. The van der Waals surface area contributed by atoms with E-state index in [4.69, 9.17) is 33.5 Å². The summed E-state index contributed by atoms with van der Waals surface area (Å²) >= 11 is 0. The van der Waals surface area contributed by atoms with Crippen LogP contribution in [0.1, 0.15) is 98.8 Å². The van der Waals surface area contributed by atoms with Gasteiger partial charge in [-0.2, -0.15) is 0 Å². The molecule has 13 atom stereocenters. The highest BCUT2D eigenvalue weighted by atomic mass is 17.3. The molecule has 0 aromatic rings. The zero-order valence-electron chi connectivity index (χ0n) is 25.3. The number of hydrogen-bond donors (Lipinski definition) is 2. The van der Waals surface area contributed by atoms with Crippen LogP contribution in [0.3, 0.4) is 0 Å². The summed E-state index contributed by atoms with van der Waals surface area (Å²) in [6, 6.07) is 0. The Balaban J connectivity index is 1.27. The van der Waals surface area contributed by atoms with Gasteiger partial charge in [0.05, 0.1) is 30.8 Å². The minimum Gasteiger partial charge on any atom is -0.427 e. The molecule has 6 fully saturated rings. The fraction of sp³-hybridized carbons (Fsp3) is 0.903. The van der Waals surface area contributed by atoms with Crippen molar-refractivity contribution >= 4 is 5.97 Å². The van der Waals surface area contributed by atoms with E-state index in [1.807, 2.05) is 19.9 Å². The average molecular weight is 583 g/mol. The van der Waals surface area contributed by atoms with E-state index in [9.17, 15) is 15.0 Å². The summed E-state index contributed by atoms with van der Waals surface area (Å²) < 4.78 is 30.5. The number of aliphatic hydroxyl groups excluding tert-OH is 1. The molecule has 2 bridgehead atoms. The molecule has 0 aromatic heterocycles. The highest BCUT2D eigenvalue weighted by molar-refractivity contribution is 5.70. The normalized spacial score (nSPS) is 48.1. The third kappa shape index (κ3) is 6.00. The van der Waals surface area contributed by atoms with Gasteiger partial charge in [-0.25, -0.2) is 9.78 Å². The Bertz CT molecular complexity index is 946. The minimum atomic E-state index is -2.13. The van der Waals surface area contributed by atoms with Crippen LogP contribution in [-0.4, -0.2) is 70.4 Å². The lowest BCUT2D eigenvalue weighted by Gasteiger charge is -2.60. The lowest BCUT2D eigenvalue weighted by molar-refractivity contribution is -0.571. The Morgan fingerprint density at radius 1 is 1.12 bits per heavy atom. The summed E-state index contributed by atoms with van der Waals surface area (Å²) in [5, 5.41) is 22.0. The van der Waals surface area contributed by atoms with Crippen LogP contribution >= 0.6 is 0 Å². The Hall–Kier alpha value is -1.11. The highest BCUT2D eigenvalue weighted by Gasteiger charge is 2.69. The highest BCUT2D eigenvalue weighted by Crippen LogP contribution is 2.60. The van der Waals surface area contributed by atoms with Crippen molar-refractivity contribution < 1.29 is 48.5 Å². The van der Waals surface area contributed by atoms with Crippen molar-refractivity contribution in [3.05, 3.63) is 12.7 Å². The number of hydrogen-bond acceptors (Lipinski definition) is 10. The number of aliphatic hydroxyl groups is 2. The number of carbonyl (C=O) groups excluding carboxylic acids is 1. The monoisotopic (exact) mass is 582 g/mol. The van der Waals surface area contributed by atoms with Gasteiger partial charge in [-0.15, -0.1) is 6.58 Å². The molecule has 1 spiro atoms. The van der Waals surface area contributed by atoms with Crippen LogP contribution in [0.4, 0.5) is 0 Å². The van der Waals surface area contributed by atoms with Crippen LogP contribution < -0.4 is 0 Å². The zero-order valence-corrected chi connectivity index (χ0v) is 25.3. The van der Waals surface area contributed by atoms with Crippen LogP contribution in [-0.2, 0) is 38.3 Å². The van der Waals surface area contributed by atoms with E-state index in [1.54, 1.807) is 6.92 Å². The Morgan fingerprint density at radius 2 is 1.90 bits per heavy atom. The number of fused-ring (bicyclic) bond motifs is 2. The molecule has 0 aromatic carbocycles. The third-order valence-electron chi connectivity index (χ3n) is 10.3. The zero-order chi connectivity index (χ0) is 29.6. The first-order chi connectivity index (χ1) is 19.4. The summed E-state index contributed by atoms with van der Waals surface area (Å²) in [6.07, 6.45) is 4.51. The van der Waals surface area contributed by atoms with Crippen molar-refractivity contribution in [3.8, 4) is 0 Å². The van der Waals surface area contributed by atoms with Gasteiger partial charge in [-0.05, 0) is 77.0 Å². The predicted molar refractivity (Wildman–Crippen MR) is 147 cm³/mol. The third-order valence-corrected chi connectivity index (χ3v) is 10.3. The fourth-order valence-electron chi connectivity index (χ4n) is 7.80. The van der Waals surface area contributed by atoms with Crippen molar-refractivity contribution in [2.45, 2.75) is 153 Å². The van der Waals surface area contributed by atoms with Gasteiger partial charge in [0.25, 0.3) is 5.79 Å². The number of ether oxygens (including phenoxy) is 5. The first-order valence-electron chi connectivity index (χ1n) is 15.6. The molecule has 6 aliphatic rings. The van der Waals surface area contributed by atoms with E-state index < -0.39 is 54.0 Å². The molecule has 234 valence electrons. The van der Waals surface area contributed by atoms with Crippen LogP contribution in [0, 0.1) is 23.7 Å². The maximum Gasteiger partial charge on any atom is 0.311 e. The number of esters is 1. The molecule has 10 nitrogen and oxygen atoms in total. The van der Waals surface area contributed by atoms with Crippen LogP contribution in [0.25, 0.3) is 0 Å². The standard InChI is InChI=1S/C31H50O10/c1-7-8-9-10-11-19(3)35-27-30(34,17-24(32)21(5)36-27)38-26(33)16-25-20(4)23-13-12-18(2)22-14-15-29(6)39-28(37-25)31(22,23)41-40-29/h7,18-25,27-28,32,34H,1,8-17H2,2-6H3/t18-,19-,20-,21+,22+,23+,24-,25-,27-,28-,29-,30+,31-/m1/s1. The molecule has 0 radical (unpaired) electrons. The van der Waals surface area contributed by atoms with Crippen molar-refractivity contribution in [2.75, 3.05) is 0 Å². The van der Waals surface area contributed by atoms with Crippen molar-refractivity contribution in [1.82, 2.24) is 0 Å². The Morgan fingerprint density at radius 3 is 2.66 bits per heavy atom.